The molecule has 1 aromatic rings. The van der Waals surface area contributed by atoms with Crippen LogP contribution in [0.2, 0.25) is 0 Å². The van der Waals surface area contributed by atoms with Crippen molar-refractivity contribution >= 4 is 10.4 Å². The predicted octanol–water partition coefficient (Wildman–Crippen LogP) is 0.634. The third-order valence-electron chi connectivity index (χ3n) is 1.25. The Labute approximate surface area is 68.7 Å². The Morgan fingerprint density at radius 1 is 1.08 bits per heavy atom. The van der Waals surface area contributed by atoms with Crippen LogP contribution in [-0.4, -0.2) is 8.42 Å². The average Bonchev–Trinajstić information content (AvgIpc) is 2.02. The molecule has 0 unspecified atom stereocenters. The number of hydrogen-bond donors (Lipinski definition) is 0. The molecule has 12 heavy (non-hydrogen) atoms. The van der Waals surface area contributed by atoms with Crippen LogP contribution in [-0.2, 0) is 14.7 Å². The van der Waals surface area contributed by atoms with E-state index >= 15 is 0 Å². The first-order valence-electron chi connectivity index (χ1n) is 3.07. The van der Waals surface area contributed by atoms with Gasteiger partial charge in [-0.1, -0.05) is 12.1 Å². The molecule has 0 aromatic heterocycles. The molecule has 1 aliphatic heterocycles. The second kappa shape index (κ2) is 2.36. The molecule has 0 spiro atoms. The molecule has 1 aliphatic rings. The van der Waals surface area contributed by atoms with Gasteiger partial charge in [-0.05, 0) is 16.5 Å². The van der Waals surface area contributed by atoms with Gasteiger partial charge in [0.2, 0.25) is 5.75 Å². The van der Waals surface area contributed by atoms with Gasteiger partial charge in [0.25, 0.3) is 0 Å². The van der Waals surface area contributed by atoms with E-state index in [9.17, 15) is 8.42 Å². The van der Waals surface area contributed by atoms with Crippen LogP contribution < -0.4 is 9.07 Å². The van der Waals surface area contributed by atoms with Crippen molar-refractivity contribution < 1.29 is 21.8 Å². The molecule has 0 radical (unpaired) electrons. The lowest BCUT2D eigenvalue weighted by Crippen LogP contribution is -2.20. The Morgan fingerprint density at radius 2 is 1.75 bits per heavy atom. The predicted molar refractivity (Wildman–Crippen MR) is 37.7 cm³/mol. The highest BCUT2D eigenvalue weighted by Gasteiger charge is 2.25. The summed E-state index contributed by atoms with van der Waals surface area (Å²) in [5, 5.41) is 0. The lowest BCUT2D eigenvalue weighted by molar-refractivity contribution is -0.112. The Bertz CT molecular complexity index is 396. The van der Waals surface area contributed by atoms with Gasteiger partial charge in [-0.2, -0.15) is 8.42 Å². The highest BCUT2D eigenvalue weighted by atomic mass is 32.3. The van der Waals surface area contributed by atoms with Gasteiger partial charge in [-0.3, -0.25) is 0 Å². The summed E-state index contributed by atoms with van der Waals surface area (Å²) in [4.78, 5) is 4.43. The number of benzene rings is 1. The summed E-state index contributed by atoms with van der Waals surface area (Å²) in [6, 6.07) is 6.30. The van der Waals surface area contributed by atoms with E-state index in [1.54, 1.807) is 12.1 Å². The molecule has 5 nitrogen and oxygen atoms in total. The molecule has 0 atom stereocenters. The van der Waals surface area contributed by atoms with Crippen molar-refractivity contribution in [2.75, 3.05) is 0 Å². The normalized spacial score (nSPS) is 18.7. The lowest BCUT2D eigenvalue weighted by atomic mass is 10.3. The maximum absolute atomic E-state index is 10.6. The Kier molecular flexibility index (Phi) is 1.45. The standard InChI is InChI=1S/C6H4O5S/c7-12(8)10-6-4-2-1-3-5(6)9-11-12/h1-4H. The maximum Gasteiger partial charge on any atom is 0.485 e. The van der Waals surface area contributed by atoms with E-state index in [2.05, 4.69) is 13.4 Å². The van der Waals surface area contributed by atoms with Crippen LogP contribution in [0.4, 0.5) is 0 Å². The summed E-state index contributed by atoms with van der Waals surface area (Å²) in [5.74, 6) is 0.371. The molecule has 1 heterocycles. The van der Waals surface area contributed by atoms with Gasteiger partial charge in [0.15, 0.2) is 5.75 Å². The second-order valence-electron chi connectivity index (χ2n) is 2.09. The Hall–Kier alpha value is -1.27. The zero-order valence-electron chi connectivity index (χ0n) is 5.76. The average molecular weight is 188 g/mol. The molecule has 0 aliphatic carbocycles. The summed E-state index contributed by atoms with van der Waals surface area (Å²) in [5.41, 5.74) is 0. The third-order valence-corrected chi connectivity index (χ3v) is 1.87. The molecule has 0 bridgehead atoms. The van der Waals surface area contributed by atoms with E-state index in [0.29, 0.717) is 0 Å². The number of hydrogen-bond acceptors (Lipinski definition) is 5. The monoisotopic (exact) mass is 188 g/mol. The summed E-state index contributed by atoms with van der Waals surface area (Å²) in [6.07, 6.45) is 0. The molecule has 0 amide bonds. The topological polar surface area (TPSA) is 61.8 Å². The van der Waals surface area contributed by atoms with Crippen LogP contribution in [0.3, 0.4) is 0 Å². The number of para-hydroxylation sites is 2. The fraction of sp³-hybridized carbons (Fsp3) is 0. The summed E-state index contributed by atoms with van der Waals surface area (Å²) in [6.45, 7) is 0. The molecule has 0 saturated carbocycles. The van der Waals surface area contributed by atoms with E-state index in [-0.39, 0.29) is 11.5 Å². The van der Waals surface area contributed by atoms with Crippen molar-refractivity contribution in [1.29, 1.82) is 0 Å². The number of fused-ring (bicyclic) bond motifs is 1. The highest BCUT2D eigenvalue weighted by Crippen LogP contribution is 2.31. The maximum atomic E-state index is 10.6. The van der Waals surface area contributed by atoms with Gasteiger partial charge in [0.05, 0.1) is 0 Å². The molecule has 0 N–H and O–H groups in total. The summed E-state index contributed by atoms with van der Waals surface area (Å²) < 4.78 is 29.7. The lowest BCUT2D eigenvalue weighted by Gasteiger charge is -2.14. The van der Waals surface area contributed by atoms with Gasteiger partial charge in [-0.25, -0.2) is 0 Å². The van der Waals surface area contributed by atoms with E-state index in [1.807, 2.05) is 0 Å². The largest absolute Gasteiger partial charge is 0.485 e. The molecule has 64 valence electrons. The summed E-state index contributed by atoms with van der Waals surface area (Å²) in [7, 11) is -4.02. The van der Waals surface area contributed by atoms with Gasteiger partial charge in [0.1, 0.15) is 0 Å². The Morgan fingerprint density at radius 3 is 2.50 bits per heavy atom. The van der Waals surface area contributed by atoms with E-state index in [1.165, 1.54) is 12.1 Å². The number of rotatable bonds is 0. The quantitative estimate of drug-likeness (QED) is 0.559. The van der Waals surface area contributed by atoms with Crippen molar-refractivity contribution in [3.05, 3.63) is 24.3 Å². The van der Waals surface area contributed by atoms with E-state index in [0.717, 1.165) is 0 Å². The first-order chi connectivity index (χ1) is 5.67. The SMILES string of the molecule is O=S1(=O)OOc2ccccc2O1. The molecule has 0 fully saturated rings. The van der Waals surface area contributed by atoms with Gasteiger partial charge >= 0.3 is 10.4 Å². The summed E-state index contributed by atoms with van der Waals surface area (Å²) >= 11 is 0. The van der Waals surface area contributed by atoms with Crippen molar-refractivity contribution in [2.45, 2.75) is 0 Å². The van der Waals surface area contributed by atoms with E-state index in [4.69, 9.17) is 0 Å². The minimum absolute atomic E-state index is 0.128. The van der Waals surface area contributed by atoms with Crippen molar-refractivity contribution in [3.63, 3.8) is 0 Å². The minimum Gasteiger partial charge on any atom is -0.355 e. The van der Waals surface area contributed by atoms with Gasteiger partial charge in [-0.15, -0.1) is 0 Å². The zero-order chi connectivity index (χ0) is 8.60. The van der Waals surface area contributed by atoms with Crippen LogP contribution in [0.5, 0.6) is 11.5 Å². The van der Waals surface area contributed by atoms with Crippen LogP contribution in [0.1, 0.15) is 0 Å². The molecule has 2 rings (SSSR count). The molecular weight excluding hydrogens is 184 g/mol. The molecule has 0 saturated heterocycles. The minimum atomic E-state index is -4.02. The van der Waals surface area contributed by atoms with Crippen LogP contribution in [0, 0.1) is 0 Å². The highest BCUT2D eigenvalue weighted by molar-refractivity contribution is 7.82. The third kappa shape index (κ3) is 1.21. The second-order valence-corrected chi connectivity index (χ2v) is 3.21. The van der Waals surface area contributed by atoms with Gasteiger partial charge in [0, 0.05) is 0 Å². The smallest absolute Gasteiger partial charge is 0.355 e. The van der Waals surface area contributed by atoms with Crippen molar-refractivity contribution in [3.8, 4) is 11.5 Å². The van der Waals surface area contributed by atoms with Crippen LogP contribution in [0.25, 0.3) is 0 Å². The first-order valence-corrected chi connectivity index (χ1v) is 4.40. The zero-order valence-corrected chi connectivity index (χ0v) is 6.58. The Balaban J connectivity index is 2.48. The van der Waals surface area contributed by atoms with Crippen molar-refractivity contribution in [2.24, 2.45) is 0 Å². The molecular formula is C6H4O5S. The van der Waals surface area contributed by atoms with Crippen molar-refractivity contribution in [1.82, 2.24) is 0 Å². The van der Waals surface area contributed by atoms with E-state index < -0.39 is 10.4 Å². The molecule has 6 heteroatoms. The fourth-order valence-electron chi connectivity index (χ4n) is 0.790. The van der Waals surface area contributed by atoms with Crippen LogP contribution >= 0.6 is 0 Å². The molecule has 1 aromatic carbocycles. The van der Waals surface area contributed by atoms with Crippen LogP contribution in [0.15, 0.2) is 24.3 Å². The first kappa shape index (κ1) is 7.38. The fourth-order valence-corrected chi connectivity index (χ4v) is 1.33. The van der Waals surface area contributed by atoms with Gasteiger partial charge < -0.3 is 9.07 Å².